The van der Waals surface area contributed by atoms with Crippen molar-refractivity contribution in [3.63, 3.8) is 0 Å². The van der Waals surface area contributed by atoms with Gasteiger partial charge in [-0.25, -0.2) is 0 Å². The maximum absolute atomic E-state index is 11.7. The Balaban J connectivity index is 2.62. The van der Waals surface area contributed by atoms with Crippen molar-refractivity contribution < 1.29 is 4.79 Å². The van der Waals surface area contributed by atoms with Gasteiger partial charge in [-0.05, 0) is 12.1 Å². The van der Waals surface area contributed by atoms with Gasteiger partial charge in [0.25, 0.3) is 0 Å². The summed E-state index contributed by atoms with van der Waals surface area (Å²) in [5.74, 6) is 2.33. The van der Waals surface area contributed by atoms with E-state index in [9.17, 15) is 4.79 Å². The minimum Gasteiger partial charge on any atom is -0.293 e. The van der Waals surface area contributed by atoms with Crippen molar-refractivity contribution in [2.45, 2.75) is 6.42 Å². The van der Waals surface area contributed by atoms with Gasteiger partial charge in [0.05, 0.1) is 11.9 Å². The molecule has 72 valence electrons. The molecule has 1 aromatic heterocycles. The second kappa shape index (κ2) is 3.93. The van der Waals surface area contributed by atoms with Crippen molar-refractivity contribution >= 4 is 16.7 Å². The number of hydrogen-bond donors (Lipinski definition) is 0. The number of hydrogen-bond acceptors (Lipinski definition) is 2. The summed E-state index contributed by atoms with van der Waals surface area (Å²) < 4.78 is 0. The van der Waals surface area contributed by atoms with E-state index in [4.69, 9.17) is 6.42 Å². The van der Waals surface area contributed by atoms with Gasteiger partial charge >= 0.3 is 0 Å². The molecule has 0 bridgehead atoms. The molecule has 0 aliphatic rings. The van der Waals surface area contributed by atoms with E-state index in [0.29, 0.717) is 5.56 Å². The quantitative estimate of drug-likeness (QED) is 0.544. The molecule has 0 saturated carbocycles. The lowest BCUT2D eigenvalue weighted by Crippen LogP contribution is -1.98. The van der Waals surface area contributed by atoms with Crippen molar-refractivity contribution in [3.8, 4) is 12.3 Å². The van der Waals surface area contributed by atoms with E-state index < -0.39 is 0 Å². The second-order valence-electron chi connectivity index (χ2n) is 3.18. The van der Waals surface area contributed by atoms with Crippen LogP contribution in [0.15, 0.2) is 36.5 Å². The first-order valence-electron chi connectivity index (χ1n) is 4.63. The third-order valence-corrected chi connectivity index (χ3v) is 2.21. The first-order valence-corrected chi connectivity index (χ1v) is 4.63. The zero-order valence-electron chi connectivity index (χ0n) is 8.10. The molecule has 0 N–H and O–H groups in total. The molecule has 0 radical (unpaired) electrons. The van der Waals surface area contributed by atoms with E-state index in [0.717, 1.165) is 10.9 Å². The minimum atomic E-state index is -0.0314. The Labute approximate surface area is 88.0 Å². The van der Waals surface area contributed by atoms with Crippen molar-refractivity contribution in [2.24, 2.45) is 0 Å². The third kappa shape index (κ3) is 1.72. The van der Waals surface area contributed by atoms with Gasteiger partial charge < -0.3 is 0 Å². The van der Waals surface area contributed by atoms with Gasteiger partial charge in [0, 0.05) is 17.1 Å². The van der Waals surface area contributed by atoms with Crippen LogP contribution in [0, 0.1) is 12.3 Å². The number of carbonyl (C=O) groups excluding carboxylic acids is 1. The lowest BCUT2D eigenvalue weighted by Gasteiger charge is -2.02. The summed E-state index contributed by atoms with van der Waals surface area (Å²) >= 11 is 0. The highest BCUT2D eigenvalue weighted by molar-refractivity contribution is 6.07. The van der Waals surface area contributed by atoms with E-state index in [1.165, 1.54) is 0 Å². The maximum atomic E-state index is 11.7. The number of benzene rings is 1. The Bertz CT molecular complexity index is 546. The molecule has 1 aromatic carbocycles. The predicted molar refractivity (Wildman–Crippen MR) is 59.5 cm³/mol. The minimum absolute atomic E-state index is 0.0314. The highest BCUT2D eigenvalue weighted by Gasteiger charge is 2.08. The average molecular weight is 195 g/mol. The summed E-state index contributed by atoms with van der Waals surface area (Å²) in [6, 6.07) is 9.25. The van der Waals surface area contributed by atoms with Crippen molar-refractivity contribution in [1.82, 2.24) is 4.98 Å². The van der Waals surface area contributed by atoms with E-state index in [-0.39, 0.29) is 12.2 Å². The van der Waals surface area contributed by atoms with Crippen LogP contribution >= 0.6 is 0 Å². The topological polar surface area (TPSA) is 30.0 Å². The summed E-state index contributed by atoms with van der Waals surface area (Å²) in [5.41, 5.74) is 1.47. The highest BCUT2D eigenvalue weighted by atomic mass is 16.1. The average Bonchev–Trinajstić information content (AvgIpc) is 2.28. The number of rotatable bonds is 2. The van der Waals surface area contributed by atoms with E-state index in [1.807, 2.05) is 24.3 Å². The Morgan fingerprint density at radius 3 is 2.93 bits per heavy atom. The van der Waals surface area contributed by atoms with Crippen molar-refractivity contribution in [3.05, 3.63) is 42.1 Å². The second-order valence-corrected chi connectivity index (χ2v) is 3.18. The summed E-state index contributed by atoms with van der Waals surface area (Å²) in [6.45, 7) is 0. The molecule has 0 atom stereocenters. The summed E-state index contributed by atoms with van der Waals surface area (Å²) in [6.07, 6.45) is 6.89. The van der Waals surface area contributed by atoms with Crippen LogP contribution in [0.2, 0.25) is 0 Å². The summed E-state index contributed by atoms with van der Waals surface area (Å²) in [4.78, 5) is 15.9. The highest BCUT2D eigenvalue weighted by Crippen LogP contribution is 2.17. The molecule has 15 heavy (non-hydrogen) atoms. The van der Waals surface area contributed by atoms with Gasteiger partial charge in [0.2, 0.25) is 0 Å². The standard InChI is InChI=1S/C13H9NO/c1-2-5-13(15)11-8-9-14-12-7-4-3-6-10(11)12/h1,3-4,6-9H,5H2. The van der Waals surface area contributed by atoms with E-state index in [1.54, 1.807) is 12.3 Å². The predicted octanol–water partition coefficient (Wildman–Crippen LogP) is 2.44. The van der Waals surface area contributed by atoms with Gasteiger partial charge in [-0.2, -0.15) is 0 Å². The number of pyridine rings is 1. The molecule has 0 amide bonds. The Morgan fingerprint density at radius 2 is 2.13 bits per heavy atom. The van der Waals surface area contributed by atoms with Gasteiger partial charge in [-0.1, -0.05) is 24.1 Å². The monoisotopic (exact) mass is 195 g/mol. The first-order chi connectivity index (χ1) is 7.33. The van der Waals surface area contributed by atoms with Crippen LogP contribution in [0.4, 0.5) is 0 Å². The van der Waals surface area contributed by atoms with Gasteiger partial charge in [-0.3, -0.25) is 9.78 Å². The smallest absolute Gasteiger partial charge is 0.175 e. The van der Waals surface area contributed by atoms with Crippen LogP contribution < -0.4 is 0 Å². The normalized spacial score (nSPS) is 9.80. The fourth-order valence-electron chi connectivity index (χ4n) is 1.53. The van der Waals surface area contributed by atoms with Crippen LogP contribution in [0.1, 0.15) is 16.8 Å². The number of Topliss-reactive ketones (excluding diaryl/α,β-unsaturated/α-hetero) is 1. The molecule has 2 rings (SSSR count). The van der Waals surface area contributed by atoms with E-state index >= 15 is 0 Å². The molecule has 0 saturated heterocycles. The molecule has 2 heteroatoms. The zero-order valence-corrected chi connectivity index (χ0v) is 8.10. The lowest BCUT2D eigenvalue weighted by atomic mass is 10.0. The molecule has 0 aliphatic carbocycles. The van der Waals surface area contributed by atoms with Crippen LogP contribution in [0.3, 0.4) is 0 Å². The number of ketones is 1. The maximum Gasteiger partial charge on any atom is 0.175 e. The molecular weight excluding hydrogens is 186 g/mol. The van der Waals surface area contributed by atoms with Gasteiger partial charge in [0.1, 0.15) is 0 Å². The number of terminal acetylenes is 1. The lowest BCUT2D eigenvalue weighted by molar-refractivity contribution is 0.0999. The largest absolute Gasteiger partial charge is 0.293 e. The van der Waals surface area contributed by atoms with Crippen LogP contribution in [0.5, 0.6) is 0 Å². The molecule has 2 aromatic rings. The molecular formula is C13H9NO. The Morgan fingerprint density at radius 1 is 1.33 bits per heavy atom. The third-order valence-electron chi connectivity index (χ3n) is 2.21. The van der Waals surface area contributed by atoms with Gasteiger partial charge in [0.15, 0.2) is 5.78 Å². The van der Waals surface area contributed by atoms with Crippen LogP contribution in [-0.4, -0.2) is 10.8 Å². The molecule has 0 fully saturated rings. The van der Waals surface area contributed by atoms with Gasteiger partial charge in [-0.15, -0.1) is 6.42 Å². The zero-order chi connectivity index (χ0) is 10.7. The number of para-hydroxylation sites is 1. The Kier molecular flexibility index (Phi) is 2.47. The summed E-state index contributed by atoms with van der Waals surface area (Å²) in [5, 5.41) is 0.861. The number of nitrogens with zero attached hydrogens (tertiary/aromatic N) is 1. The Hall–Kier alpha value is -2.14. The fraction of sp³-hybridized carbons (Fsp3) is 0.0769. The van der Waals surface area contributed by atoms with Crippen LogP contribution in [-0.2, 0) is 0 Å². The molecule has 0 aliphatic heterocycles. The fourth-order valence-corrected chi connectivity index (χ4v) is 1.53. The SMILES string of the molecule is C#CCC(=O)c1ccnc2ccccc12. The van der Waals surface area contributed by atoms with Crippen molar-refractivity contribution in [1.29, 1.82) is 0 Å². The first kappa shape index (κ1) is 9.42. The molecule has 2 nitrogen and oxygen atoms in total. The van der Waals surface area contributed by atoms with Crippen molar-refractivity contribution in [2.75, 3.05) is 0 Å². The van der Waals surface area contributed by atoms with E-state index in [2.05, 4.69) is 10.9 Å². The summed E-state index contributed by atoms with van der Waals surface area (Å²) in [7, 11) is 0. The van der Waals surface area contributed by atoms with Crippen LogP contribution in [0.25, 0.3) is 10.9 Å². The molecule has 0 unspecified atom stereocenters. The number of aromatic nitrogens is 1. The number of carbonyl (C=O) groups is 1. The molecule has 1 heterocycles. The molecule has 0 spiro atoms. The number of fused-ring (bicyclic) bond motifs is 1.